The number of hydrogen-bond acceptors (Lipinski definition) is 0. The van der Waals surface area contributed by atoms with Crippen molar-refractivity contribution < 1.29 is 0 Å². The van der Waals surface area contributed by atoms with Crippen LogP contribution in [-0.4, -0.2) is 9.13 Å². The molecule has 0 unspecified atom stereocenters. The topological polar surface area (TPSA) is 9.86 Å². The van der Waals surface area contributed by atoms with E-state index < -0.39 is 0 Å². The van der Waals surface area contributed by atoms with Gasteiger partial charge in [-0.05, 0) is 59.2 Å². The van der Waals surface area contributed by atoms with E-state index in [1.54, 1.807) is 0 Å². The Hall–Kier alpha value is -5.86. The minimum absolute atomic E-state index is 1.16. The van der Waals surface area contributed by atoms with E-state index in [2.05, 4.69) is 179 Å². The highest BCUT2D eigenvalue weighted by molar-refractivity contribution is 6.19. The lowest BCUT2D eigenvalue weighted by atomic mass is 9.93. The molecule has 2 heterocycles. The SMILES string of the molecule is c1ccc(-c2ccccc2-c2ccccc2-n2c3ccccc3c3cc4c5ccccc5n(-c5ccccc5)c4cc32)cc1. The van der Waals surface area contributed by atoms with Crippen LogP contribution in [0.4, 0.5) is 0 Å². The molecule has 0 spiro atoms. The molecule has 0 atom stereocenters. The number of rotatable bonds is 4. The molecule has 0 aliphatic heterocycles. The van der Waals surface area contributed by atoms with Crippen LogP contribution in [0.25, 0.3) is 77.2 Å². The van der Waals surface area contributed by atoms with Crippen LogP contribution in [0, 0.1) is 0 Å². The summed E-state index contributed by atoms with van der Waals surface area (Å²) in [6, 6.07) is 61.4. The van der Waals surface area contributed by atoms with Crippen molar-refractivity contribution in [3.8, 4) is 33.6 Å². The van der Waals surface area contributed by atoms with E-state index in [-0.39, 0.29) is 0 Å². The second-order valence-corrected chi connectivity index (χ2v) is 11.4. The highest BCUT2D eigenvalue weighted by Crippen LogP contribution is 2.42. The fourth-order valence-electron chi connectivity index (χ4n) is 7.03. The molecular weight excluding hydrogens is 532 g/mol. The molecule has 0 radical (unpaired) electrons. The Labute approximate surface area is 255 Å². The van der Waals surface area contributed by atoms with E-state index >= 15 is 0 Å². The van der Waals surface area contributed by atoms with Gasteiger partial charge in [-0.2, -0.15) is 0 Å². The molecule has 0 bridgehead atoms. The van der Waals surface area contributed by atoms with Crippen LogP contribution in [0.1, 0.15) is 0 Å². The zero-order valence-corrected chi connectivity index (χ0v) is 24.1. The normalized spacial score (nSPS) is 11.6. The second kappa shape index (κ2) is 9.86. The van der Waals surface area contributed by atoms with Crippen LogP contribution in [0.2, 0.25) is 0 Å². The quantitative estimate of drug-likeness (QED) is 0.203. The van der Waals surface area contributed by atoms with Crippen LogP contribution >= 0.6 is 0 Å². The van der Waals surface area contributed by atoms with Crippen molar-refractivity contribution >= 4 is 43.6 Å². The van der Waals surface area contributed by atoms with Gasteiger partial charge in [0.15, 0.2) is 0 Å². The Morgan fingerprint density at radius 3 is 1.50 bits per heavy atom. The Morgan fingerprint density at radius 2 is 0.795 bits per heavy atom. The monoisotopic (exact) mass is 560 g/mol. The molecule has 0 amide bonds. The minimum Gasteiger partial charge on any atom is -0.309 e. The first-order valence-electron chi connectivity index (χ1n) is 15.1. The van der Waals surface area contributed by atoms with Crippen molar-refractivity contribution in [3.05, 3.63) is 170 Å². The van der Waals surface area contributed by atoms with Crippen LogP contribution < -0.4 is 0 Å². The lowest BCUT2D eigenvalue weighted by Crippen LogP contribution is -1.98. The van der Waals surface area contributed by atoms with Crippen molar-refractivity contribution in [2.75, 3.05) is 0 Å². The third-order valence-corrected chi connectivity index (χ3v) is 8.93. The standard InChI is InChI=1S/C42H28N2/c1-3-15-29(16-4-1)31-19-7-8-20-32(31)33-21-9-13-25-39(33)44-40-26-14-11-23-35(40)37-27-36-34-22-10-12-24-38(34)43(41(36)28-42(37)44)30-17-5-2-6-18-30/h1-28H. The summed E-state index contributed by atoms with van der Waals surface area (Å²) >= 11 is 0. The number of fused-ring (bicyclic) bond motifs is 6. The molecule has 44 heavy (non-hydrogen) atoms. The number of nitrogens with zero attached hydrogens (tertiary/aromatic N) is 2. The summed E-state index contributed by atoms with van der Waals surface area (Å²) in [7, 11) is 0. The maximum absolute atomic E-state index is 2.47. The zero-order valence-electron chi connectivity index (χ0n) is 24.1. The highest BCUT2D eigenvalue weighted by atomic mass is 15.0. The van der Waals surface area contributed by atoms with E-state index in [0.717, 1.165) is 5.69 Å². The summed E-state index contributed by atoms with van der Waals surface area (Å²) in [5.41, 5.74) is 12.0. The third-order valence-electron chi connectivity index (χ3n) is 8.93. The van der Waals surface area contributed by atoms with Gasteiger partial charge in [-0.25, -0.2) is 0 Å². The molecule has 9 aromatic rings. The minimum atomic E-state index is 1.16. The van der Waals surface area contributed by atoms with Crippen molar-refractivity contribution in [1.29, 1.82) is 0 Å². The first-order chi connectivity index (χ1) is 21.9. The Balaban J connectivity index is 1.40. The molecule has 0 aliphatic rings. The lowest BCUT2D eigenvalue weighted by molar-refractivity contribution is 1.17. The molecular formula is C42H28N2. The van der Waals surface area contributed by atoms with Crippen LogP contribution in [0.3, 0.4) is 0 Å². The van der Waals surface area contributed by atoms with Gasteiger partial charge in [0.25, 0.3) is 0 Å². The van der Waals surface area contributed by atoms with Crippen LogP contribution in [-0.2, 0) is 0 Å². The van der Waals surface area contributed by atoms with E-state index in [0.29, 0.717) is 0 Å². The first-order valence-corrected chi connectivity index (χ1v) is 15.1. The Kier molecular flexibility index (Phi) is 5.54. The van der Waals surface area contributed by atoms with Gasteiger partial charge in [0.1, 0.15) is 0 Å². The molecule has 206 valence electrons. The number of aromatic nitrogens is 2. The van der Waals surface area contributed by atoms with Gasteiger partial charge < -0.3 is 9.13 Å². The van der Waals surface area contributed by atoms with Gasteiger partial charge in [-0.1, -0.05) is 127 Å². The second-order valence-electron chi connectivity index (χ2n) is 11.4. The predicted octanol–water partition coefficient (Wildman–Crippen LogP) is 11.2. The number of hydrogen-bond donors (Lipinski definition) is 0. The van der Waals surface area contributed by atoms with E-state index in [4.69, 9.17) is 0 Å². The summed E-state index contributed by atoms with van der Waals surface area (Å²) in [5.74, 6) is 0. The highest BCUT2D eigenvalue weighted by Gasteiger charge is 2.20. The van der Waals surface area contributed by atoms with E-state index in [1.165, 1.54) is 71.6 Å². The summed E-state index contributed by atoms with van der Waals surface area (Å²) in [6.07, 6.45) is 0. The summed E-state index contributed by atoms with van der Waals surface area (Å²) < 4.78 is 4.87. The fraction of sp³-hybridized carbons (Fsp3) is 0. The number of para-hydroxylation sites is 4. The molecule has 7 aromatic carbocycles. The Bertz CT molecular complexity index is 2480. The summed E-state index contributed by atoms with van der Waals surface area (Å²) in [4.78, 5) is 0. The summed E-state index contributed by atoms with van der Waals surface area (Å²) in [6.45, 7) is 0. The third kappa shape index (κ3) is 3.68. The zero-order chi connectivity index (χ0) is 29.0. The van der Waals surface area contributed by atoms with Crippen molar-refractivity contribution in [2.45, 2.75) is 0 Å². The number of benzene rings is 7. The van der Waals surface area contributed by atoms with Gasteiger partial charge in [-0.15, -0.1) is 0 Å². The predicted molar refractivity (Wildman–Crippen MR) is 186 cm³/mol. The van der Waals surface area contributed by atoms with E-state index in [1.807, 2.05) is 0 Å². The van der Waals surface area contributed by atoms with E-state index in [9.17, 15) is 0 Å². The largest absolute Gasteiger partial charge is 0.309 e. The van der Waals surface area contributed by atoms with Gasteiger partial charge in [0, 0.05) is 32.8 Å². The van der Waals surface area contributed by atoms with Crippen LogP contribution in [0.15, 0.2) is 170 Å². The van der Waals surface area contributed by atoms with Crippen molar-refractivity contribution in [2.24, 2.45) is 0 Å². The van der Waals surface area contributed by atoms with Gasteiger partial charge >= 0.3 is 0 Å². The molecule has 0 saturated carbocycles. The molecule has 0 fully saturated rings. The van der Waals surface area contributed by atoms with Gasteiger partial charge in [-0.3, -0.25) is 0 Å². The molecule has 0 aliphatic carbocycles. The molecule has 2 nitrogen and oxygen atoms in total. The average molecular weight is 561 g/mol. The maximum atomic E-state index is 2.47. The van der Waals surface area contributed by atoms with Crippen molar-refractivity contribution in [3.63, 3.8) is 0 Å². The molecule has 0 saturated heterocycles. The van der Waals surface area contributed by atoms with Crippen molar-refractivity contribution in [1.82, 2.24) is 9.13 Å². The van der Waals surface area contributed by atoms with Gasteiger partial charge in [0.05, 0.1) is 27.8 Å². The van der Waals surface area contributed by atoms with Crippen LogP contribution in [0.5, 0.6) is 0 Å². The molecule has 9 rings (SSSR count). The van der Waals surface area contributed by atoms with Gasteiger partial charge in [0.2, 0.25) is 0 Å². The maximum Gasteiger partial charge on any atom is 0.0562 e. The smallest absolute Gasteiger partial charge is 0.0562 e. The Morgan fingerprint density at radius 1 is 0.295 bits per heavy atom. The summed E-state index contributed by atoms with van der Waals surface area (Å²) in [5, 5.41) is 5.05. The average Bonchev–Trinajstić information content (AvgIpc) is 3.60. The fourth-order valence-corrected chi connectivity index (χ4v) is 7.03. The first kappa shape index (κ1) is 24.7. The molecule has 2 aromatic heterocycles. The molecule has 0 N–H and O–H groups in total. The molecule has 2 heteroatoms. The lowest BCUT2D eigenvalue weighted by Gasteiger charge is -2.17.